The maximum absolute atomic E-state index is 12.0. The second kappa shape index (κ2) is 7.78. The Morgan fingerprint density at radius 3 is 2.52 bits per heavy atom. The van der Waals surface area contributed by atoms with Gasteiger partial charge in [0.1, 0.15) is 0 Å². The van der Waals surface area contributed by atoms with Crippen LogP contribution < -0.4 is 17.0 Å². The molecule has 21 heavy (non-hydrogen) atoms. The predicted molar refractivity (Wildman–Crippen MR) is 80.9 cm³/mol. The zero-order chi connectivity index (χ0) is 16.0. The summed E-state index contributed by atoms with van der Waals surface area (Å²) in [5.41, 5.74) is 5.10. The first-order chi connectivity index (χ1) is 9.88. The van der Waals surface area contributed by atoms with Crippen molar-refractivity contribution in [3.05, 3.63) is 32.6 Å². The molecule has 0 bridgehead atoms. The predicted octanol–water partition coefficient (Wildman–Crippen LogP) is -0.438. The van der Waals surface area contributed by atoms with Gasteiger partial charge in [0, 0.05) is 33.8 Å². The fourth-order valence-electron chi connectivity index (χ4n) is 2.12. The van der Waals surface area contributed by atoms with Crippen LogP contribution in [0.3, 0.4) is 0 Å². The molecule has 2 N–H and O–H groups in total. The van der Waals surface area contributed by atoms with Crippen LogP contribution in [-0.4, -0.2) is 33.5 Å². The molecule has 118 valence electrons. The minimum absolute atomic E-state index is 0.0112. The van der Waals surface area contributed by atoms with Gasteiger partial charge in [-0.1, -0.05) is 6.42 Å². The van der Waals surface area contributed by atoms with E-state index in [4.69, 9.17) is 5.73 Å². The summed E-state index contributed by atoms with van der Waals surface area (Å²) in [6.45, 7) is 0.842. The summed E-state index contributed by atoms with van der Waals surface area (Å²) in [6, 6.07) is 0. The molecule has 1 amide bonds. The molecule has 0 aliphatic rings. The van der Waals surface area contributed by atoms with Gasteiger partial charge in [-0.15, -0.1) is 0 Å². The van der Waals surface area contributed by atoms with E-state index in [0.29, 0.717) is 18.5 Å². The van der Waals surface area contributed by atoms with Crippen molar-refractivity contribution in [2.45, 2.75) is 32.2 Å². The van der Waals surface area contributed by atoms with Gasteiger partial charge in [-0.05, 0) is 19.4 Å². The summed E-state index contributed by atoms with van der Waals surface area (Å²) >= 11 is 0. The zero-order valence-corrected chi connectivity index (χ0v) is 13.0. The summed E-state index contributed by atoms with van der Waals surface area (Å²) in [5, 5.41) is 0. The van der Waals surface area contributed by atoms with Crippen molar-refractivity contribution in [3.63, 3.8) is 0 Å². The van der Waals surface area contributed by atoms with Gasteiger partial charge in [-0.2, -0.15) is 0 Å². The highest BCUT2D eigenvalue weighted by molar-refractivity contribution is 5.75. The molecule has 7 nitrogen and oxygen atoms in total. The van der Waals surface area contributed by atoms with Crippen molar-refractivity contribution in [1.29, 1.82) is 0 Å². The van der Waals surface area contributed by atoms with E-state index in [1.807, 2.05) is 0 Å². The van der Waals surface area contributed by atoms with Crippen LogP contribution in [0.25, 0.3) is 0 Å². The summed E-state index contributed by atoms with van der Waals surface area (Å²) < 4.78 is 2.39. The van der Waals surface area contributed by atoms with Crippen LogP contribution in [0.4, 0.5) is 0 Å². The van der Waals surface area contributed by atoms with Gasteiger partial charge in [-0.25, -0.2) is 4.79 Å². The average molecular weight is 296 g/mol. The standard InChI is InChI=1S/C14H24N4O3/c1-16(12(19)7-5-4-6-8-15)9-11-10-17(2)14(21)18(3)13(11)20/h10H,4-9,15H2,1-3H3. The third kappa shape index (κ3) is 4.56. The molecule has 0 aliphatic heterocycles. The van der Waals surface area contributed by atoms with Crippen LogP contribution >= 0.6 is 0 Å². The first-order valence-corrected chi connectivity index (χ1v) is 7.08. The van der Waals surface area contributed by atoms with Crippen molar-refractivity contribution in [1.82, 2.24) is 14.0 Å². The molecular formula is C14H24N4O3. The molecule has 0 aromatic carbocycles. The Labute approximate surface area is 124 Å². The molecule has 1 heterocycles. The fraction of sp³-hybridized carbons (Fsp3) is 0.643. The van der Waals surface area contributed by atoms with Gasteiger partial charge in [0.15, 0.2) is 0 Å². The van der Waals surface area contributed by atoms with Crippen molar-refractivity contribution < 1.29 is 4.79 Å². The van der Waals surface area contributed by atoms with Crippen molar-refractivity contribution in [2.24, 2.45) is 19.8 Å². The topological polar surface area (TPSA) is 90.3 Å². The first-order valence-electron chi connectivity index (χ1n) is 7.08. The molecule has 0 aliphatic carbocycles. The minimum atomic E-state index is -0.375. The number of aryl methyl sites for hydroxylation is 1. The van der Waals surface area contributed by atoms with Crippen LogP contribution in [0.15, 0.2) is 15.8 Å². The SMILES string of the molecule is CN(Cc1cn(C)c(=O)n(C)c1=O)C(=O)CCCCCN. The summed E-state index contributed by atoms with van der Waals surface area (Å²) in [5.74, 6) is -0.0112. The zero-order valence-electron chi connectivity index (χ0n) is 13.0. The lowest BCUT2D eigenvalue weighted by Crippen LogP contribution is -2.40. The number of nitrogens with zero attached hydrogens (tertiary/aromatic N) is 3. The van der Waals surface area contributed by atoms with E-state index in [2.05, 4.69) is 0 Å². The van der Waals surface area contributed by atoms with Gasteiger partial charge in [0.2, 0.25) is 5.91 Å². The number of carbonyl (C=O) groups is 1. The van der Waals surface area contributed by atoms with Crippen LogP contribution in [0.2, 0.25) is 0 Å². The average Bonchev–Trinajstić information content (AvgIpc) is 2.46. The Balaban J connectivity index is 2.71. The molecule has 1 aromatic heterocycles. The van der Waals surface area contributed by atoms with E-state index in [-0.39, 0.29) is 23.7 Å². The molecule has 7 heteroatoms. The van der Waals surface area contributed by atoms with Gasteiger partial charge in [-0.3, -0.25) is 14.2 Å². The number of hydrogen-bond acceptors (Lipinski definition) is 4. The number of hydrogen-bond donors (Lipinski definition) is 1. The molecule has 0 unspecified atom stereocenters. The first kappa shape index (κ1) is 17.2. The number of aromatic nitrogens is 2. The number of carbonyl (C=O) groups excluding carboxylic acids is 1. The smallest absolute Gasteiger partial charge is 0.330 e. The van der Waals surface area contributed by atoms with Gasteiger partial charge in [0.05, 0.1) is 12.1 Å². The van der Waals surface area contributed by atoms with Crippen molar-refractivity contribution >= 4 is 5.91 Å². The Morgan fingerprint density at radius 2 is 1.90 bits per heavy atom. The van der Waals surface area contributed by atoms with Crippen LogP contribution in [-0.2, 0) is 25.4 Å². The van der Waals surface area contributed by atoms with Crippen LogP contribution in [0.5, 0.6) is 0 Å². The maximum Gasteiger partial charge on any atom is 0.330 e. The molecule has 0 fully saturated rings. The summed E-state index contributed by atoms with van der Waals surface area (Å²) in [6.07, 6.45) is 4.58. The number of rotatable bonds is 7. The van der Waals surface area contributed by atoms with Gasteiger partial charge < -0.3 is 15.2 Å². The lowest BCUT2D eigenvalue weighted by atomic mass is 10.2. The highest BCUT2D eigenvalue weighted by Gasteiger charge is 2.13. The minimum Gasteiger partial charge on any atom is -0.341 e. The van der Waals surface area contributed by atoms with E-state index < -0.39 is 0 Å². The number of amides is 1. The normalized spacial score (nSPS) is 10.7. The largest absolute Gasteiger partial charge is 0.341 e. The van der Waals surface area contributed by atoms with E-state index in [9.17, 15) is 14.4 Å². The van der Waals surface area contributed by atoms with Gasteiger partial charge >= 0.3 is 5.69 Å². The van der Waals surface area contributed by atoms with E-state index in [1.54, 1.807) is 14.1 Å². The third-order valence-corrected chi connectivity index (χ3v) is 3.45. The van der Waals surface area contributed by atoms with E-state index >= 15 is 0 Å². The number of unbranched alkanes of at least 4 members (excludes halogenated alkanes) is 2. The highest BCUT2D eigenvalue weighted by Crippen LogP contribution is 2.04. The quantitative estimate of drug-likeness (QED) is 0.691. The Bertz CT molecular complexity index is 603. The third-order valence-electron chi connectivity index (χ3n) is 3.45. The summed E-state index contributed by atoms with van der Waals surface area (Å²) in [4.78, 5) is 37.1. The number of nitrogens with two attached hydrogens (primary N) is 1. The monoisotopic (exact) mass is 296 g/mol. The van der Waals surface area contributed by atoms with E-state index in [1.165, 1.54) is 22.7 Å². The Kier molecular flexibility index (Phi) is 6.36. The maximum atomic E-state index is 12.0. The van der Waals surface area contributed by atoms with Crippen molar-refractivity contribution in [2.75, 3.05) is 13.6 Å². The molecule has 1 aromatic rings. The van der Waals surface area contributed by atoms with Gasteiger partial charge in [0.25, 0.3) is 5.56 Å². The molecule has 0 spiro atoms. The molecule has 1 rings (SSSR count). The molecule has 0 atom stereocenters. The molecular weight excluding hydrogens is 272 g/mol. The lowest BCUT2D eigenvalue weighted by Gasteiger charge is -2.17. The molecule has 0 radical (unpaired) electrons. The second-order valence-corrected chi connectivity index (χ2v) is 5.26. The van der Waals surface area contributed by atoms with E-state index in [0.717, 1.165) is 23.8 Å². The fourth-order valence-corrected chi connectivity index (χ4v) is 2.12. The van der Waals surface area contributed by atoms with Crippen LogP contribution in [0.1, 0.15) is 31.2 Å². The summed E-state index contributed by atoms with van der Waals surface area (Å²) in [7, 11) is 4.68. The van der Waals surface area contributed by atoms with Crippen LogP contribution in [0, 0.1) is 0 Å². The second-order valence-electron chi connectivity index (χ2n) is 5.26. The lowest BCUT2D eigenvalue weighted by molar-refractivity contribution is -0.130. The Hall–Kier alpha value is -1.89. The van der Waals surface area contributed by atoms with Crippen molar-refractivity contribution in [3.8, 4) is 0 Å². The molecule has 0 saturated carbocycles. The highest BCUT2D eigenvalue weighted by atomic mass is 16.2. The molecule has 0 saturated heterocycles. The Morgan fingerprint density at radius 1 is 1.24 bits per heavy atom.